The van der Waals surface area contributed by atoms with E-state index in [9.17, 15) is 19.5 Å². The van der Waals surface area contributed by atoms with E-state index in [2.05, 4.69) is 4.98 Å². The van der Waals surface area contributed by atoms with Gasteiger partial charge in [-0.3, -0.25) is 19.5 Å². The van der Waals surface area contributed by atoms with Crippen molar-refractivity contribution in [1.29, 1.82) is 0 Å². The summed E-state index contributed by atoms with van der Waals surface area (Å²) in [5.41, 5.74) is 2.20. The largest absolute Gasteiger partial charge is 0.478 e. The van der Waals surface area contributed by atoms with Gasteiger partial charge in [0.15, 0.2) is 5.78 Å². The minimum Gasteiger partial charge on any atom is -0.478 e. The maximum Gasteiger partial charge on any atom is 0.335 e. The minimum atomic E-state index is -1.11. The Morgan fingerprint density at radius 3 is 2.71 bits per heavy atom. The predicted octanol–water partition coefficient (Wildman–Crippen LogP) is 3.96. The van der Waals surface area contributed by atoms with E-state index in [-0.39, 0.29) is 28.7 Å². The smallest absolute Gasteiger partial charge is 0.335 e. The molecule has 1 amide bonds. The van der Waals surface area contributed by atoms with Gasteiger partial charge < -0.3 is 5.11 Å². The number of carbonyl (C=O) groups is 3. The van der Waals surface area contributed by atoms with Crippen LogP contribution >= 0.6 is 11.6 Å². The van der Waals surface area contributed by atoms with E-state index in [1.54, 1.807) is 12.3 Å². The Kier molecular flexibility index (Phi) is 4.73. The summed E-state index contributed by atoms with van der Waals surface area (Å²) in [5.74, 6) is -1.73. The zero-order valence-electron chi connectivity index (χ0n) is 14.9. The molecule has 0 fully saturated rings. The fourth-order valence-electron chi connectivity index (χ4n) is 3.92. The Morgan fingerprint density at radius 2 is 2.00 bits per heavy atom. The first kappa shape index (κ1) is 18.4. The van der Waals surface area contributed by atoms with Crippen molar-refractivity contribution in [1.82, 2.24) is 4.98 Å². The molecule has 1 aliphatic carbocycles. The number of carboxylic acids is 1. The van der Waals surface area contributed by atoms with Crippen LogP contribution in [0.4, 0.5) is 5.69 Å². The molecule has 1 aromatic carbocycles. The number of carbonyl (C=O) groups excluding carboxylic acids is 2. The Balaban J connectivity index is 1.89. The second-order valence-corrected chi connectivity index (χ2v) is 7.26. The molecule has 0 spiro atoms. The maximum absolute atomic E-state index is 13.1. The quantitative estimate of drug-likeness (QED) is 0.848. The van der Waals surface area contributed by atoms with Gasteiger partial charge in [0.1, 0.15) is 0 Å². The van der Waals surface area contributed by atoms with Crippen LogP contribution in [0.15, 0.2) is 53.9 Å². The lowest BCUT2D eigenvalue weighted by atomic mass is 9.78. The lowest BCUT2D eigenvalue weighted by molar-refractivity contribution is -0.120. The van der Waals surface area contributed by atoms with Crippen LogP contribution < -0.4 is 4.90 Å². The standard InChI is InChI=1S/C21H17ClN2O4/c22-14-8-7-12(21(27)28)10-17(14)24-16-5-3-6-18(25)20(16)13(11-19(24)26)15-4-1-2-9-23-15/h1-2,4,7-10,13H,3,5-6,11H2,(H,27,28). The number of carboxylic acid groups (broad SMARTS) is 1. The summed E-state index contributed by atoms with van der Waals surface area (Å²) in [6.45, 7) is 0. The fraction of sp³-hybridized carbons (Fsp3) is 0.238. The Labute approximate surface area is 166 Å². The lowest BCUT2D eigenvalue weighted by Crippen LogP contribution is -2.41. The van der Waals surface area contributed by atoms with Crippen molar-refractivity contribution in [2.75, 3.05) is 4.90 Å². The zero-order chi connectivity index (χ0) is 19.8. The summed E-state index contributed by atoms with van der Waals surface area (Å²) in [7, 11) is 0. The van der Waals surface area contributed by atoms with Crippen LogP contribution in [0.25, 0.3) is 0 Å². The number of ketones is 1. The molecule has 4 rings (SSSR count). The van der Waals surface area contributed by atoms with Gasteiger partial charge in [0.25, 0.3) is 0 Å². The minimum absolute atomic E-state index is 0.0000790. The molecule has 0 saturated heterocycles. The molecule has 0 saturated carbocycles. The van der Waals surface area contributed by atoms with Gasteiger partial charge in [-0.15, -0.1) is 0 Å². The summed E-state index contributed by atoms with van der Waals surface area (Å²) in [4.78, 5) is 43.1. The molecule has 28 heavy (non-hydrogen) atoms. The van der Waals surface area contributed by atoms with E-state index in [0.29, 0.717) is 41.9 Å². The molecule has 2 heterocycles. The Hall–Kier alpha value is -2.99. The van der Waals surface area contributed by atoms with Crippen molar-refractivity contribution in [3.05, 3.63) is 70.1 Å². The van der Waals surface area contributed by atoms with E-state index >= 15 is 0 Å². The Bertz CT molecular complexity index is 1020. The number of allylic oxidation sites excluding steroid dienone is 2. The molecule has 1 aliphatic heterocycles. The third kappa shape index (κ3) is 3.10. The first-order valence-electron chi connectivity index (χ1n) is 9.00. The van der Waals surface area contributed by atoms with E-state index in [1.165, 1.54) is 23.1 Å². The monoisotopic (exact) mass is 396 g/mol. The molecule has 2 aromatic rings. The summed E-state index contributed by atoms with van der Waals surface area (Å²) in [6, 6.07) is 9.67. The highest BCUT2D eigenvalue weighted by Crippen LogP contribution is 2.44. The van der Waals surface area contributed by atoms with Gasteiger partial charge in [-0.25, -0.2) is 4.79 Å². The third-order valence-electron chi connectivity index (χ3n) is 5.15. The van der Waals surface area contributed by atoms with Gasteiger partial charge in [-0.1, -0.05) is 17.7 Å². The zero-order valence-corrected chi connectivity index (χ0v) is 15.6. The van der Waals surface area contributed by atoms with Crippen molar-refractivity contribution >= 4 is 34.9 Å². The van der Waals surface area contributed by atoms with Crippen LogP contribution in [0.3, 0.4) is 0 Å². The number of halogens is 1. The van der Waals surface area contributed by atoms with Gasteiger partial charge in [0.2, 0.25) is 5.91 Å². The van der Waals surface area contributed by atoms with Gasteiger partial charge in [0, 0.05) is 41.9 Å². The Morgan fingerprint density at radius 1 is 1.18 bits per heavy atom. The summed E-state index contributed by atoms with van der Waals surface area (Å²) < 4.78 is 0. The first-order valence-corrected chi connectivity index (χ1v) is 9.38. The second kappa shape index (κ2) is 7.20. The van der Waals surface area contributed by atoms with Crippen molar-refractivity contribution in [3.8, 4) is 0 Å². The molecule has 6 nitrogen and oxygen atoms in total. The number of hydrogen-bond acceptors (Lipinski definition) is 4. The number of amides is 1. The molecule has 1 unspecified atom stereocenters. The normalized spacial score (nSPS) is 19.6. The molecule has 1 atom stereocenters. The number of hydrogen-bond donors (Lipinski definition) is 1. The molecular formula is C21H17ClN2O4. The van der Waals surface area contributed by atoms with Gasteiger partial charge in [0.05, 0.1) is 16.3 Å². The van der Waals surface area contributed by atoms with Crippen LogP contribution in [0.1, 0.15) is 47.7 Å². The van der Waals surface area contributed by atoms with E-state index in [0.717, 1.165) is 0 Å². The second-order valence-electron chi connectivity index (χ2n) is 6.85. The van der Waals surface area contributed by atoms with Crippen LogP contribution in [-0.2, 0) is 9.59 Å². The topological polar surface area (TPSA) is 87.6 Å². The number of aromatic carboxylic acids is 1. The SMILES string of the molecule is O=C1CCCC2=C1C(c1ccccn1)CC(=O)N2c1cc(C(=O)O)ccc1Cl. The van der Waals surface area contributed by atoms with Crippen molar-refractivity contribution in [2.45, 2.75) is 31.6 Å². The molecule has 0 radical (unpaired) electrons. The maximum atomic E-state index is 13.1. The van der Waals surface area contributed by atoms with Crippen LogP contribution in [0, 0.1) is 0 Å². The average molecular weight is 397 g/mol. The number of anilines is 1. The molecular weight excluding hydrogens is 380 g/mol. The van der Waals surface area contributed by atoms with Crippen molar-refractivity contribution in [2.24, 2.45) is 0 Å². The van der Waals surface area contributed by atoms with Crippen LogP contribution in [0.2, 0.25) is 5.02 Å². The van der Waals surface area contributed by atoms with Gasteiger partial charge in [-0.05, 0) is 43.2 Å². The highest BCUT2D eigenvalue weighted by Gasteiger charge is 2.40. The molecule has 142 valence electrons. The molecule has 7 heteroatoms. The average Bonchev–Trinajstić information content (AvgIpc) is 2.69. The van der Waals surface area contributed by atoms with Crippen LogP contribution in [-0.4, -0.2) is 27.8 Å². The first-order chi connectivity index (χ1) is 13.5. The molecule has 1 aromatic heterocycles. The summed E-state index contributed by atoms with van der Waals surface area (Å²) >= 11 is 6.31. The van der Waals surface area contributed by atoms with E-state index in [4.69, 9.17) is 11.6 Å². The number of Topliss-reactive ketones (excluding diaryl/α,β-unsaturated/α-hetero) is 1. The molecule has 2 aliphatic rings. The number of benzene rings is 1. The lowest BCUT2D eigenvalue weighted by Gasteiger charge is -2.38. The highest BCUT2D eigenvalue weighted by atomic mass is 35.5. The number of pyridine rings is 1. The number of rotatable bonds is 3. The van der Waals surface area contributed by atoms with Gasteiger partial charge >= 0.3 is 5.97 Å². The number of nitrogens with zero attached hydrogens (tertiary/aromatic N) is 2. The molecule has 0 bridgehead atoms. The van der Waals surface area contributed by atoms with Crippen molar-refractivity contribution in [3.63, 3.8) is 0 Å². The summed E-state index contributed by atoms with van der Waals surface area (Å²) in [6.07, 6.45) is 3.33. The van der Waals surface area contributed by atoms with Crippen LogP contribution in [0.5, 0.6) is 0 Å². The predicted molar refractivity (Wildman–Crippen MR) is 103 cm³/mol. The van der Waals surface area contributed by atoms with Gasteiger partial charge in [-0.2, -0.15) is 0 Å². The number of aromatic nitrogens is 1. The summed E-state index contributed by atoms with van der Waals surface area (Å²) in [5, 5.41) is 9.57. The molecule has 1 N–H and O–H groups in total. The van der Waals surface area contributed by atoms with E-state index < -0.39 is 11.9 Å². The third-order valence-corrected chi connectivity index (χ3v) is 5.47. The van der Waals surface area contributed by atoms with E-state index in [1.807, 2.05) is 12.1 Å². The highest BCUT2D eigenvalue weighted by molar-refractivity contribution is 6.34. The van der Waals surface area contributed by atoms with Crippen molar-refractivity contribution < 1.29 is 19.5 Å². The fourth-order valence-corrected chi connectivity index (χ4v) is 4.13.